The van der Waals surface area contributed by atoms with Crippen LogP contribution < -0.4 is 5.73 Å². The predicted octanol–water partition coefficient (Wildman–Crippen LogP) is 2.12. The number of Topliss-reactive ketones (excluding diaryl/α,β-unsaturated/α-hetero) is 1. The molecule has 0 aromatic carbocycles. The summed E-state index contributed by atoms with van der Waals surface area (Å²) in [5.41, 5.74) is 5.79. The lowest BCUT2D eigenvalue weighted by atomic mass is 9.88. The normalized spacial score (nSPS) is 28.3. The first-order chi connectivity index (χ1) is 6.19. The van der Waals surface area contributed by atoms with E-state index in [0.29, 0.717) is 5.78 Å². The third-order valence-electron chi connectivity index (χ3n) is 3.26. The predicted molar refractivity (Wildman–Crippen MR) is 54.4 cm³/mol. The van der Waals surface area contributed by atoms with Crippen LogP contribution in [0.3, 0.4) is 0 Å². The van der Waals surface area contributed by atoms with E-state index < -0.39 is 0 Å². The Bertz CT molecular complexity index is 175. The smallest absolute Gasteiger partial charge is 0.139 e. The number of nitrogens with two attached hydrogens (primary N) is 1. The van der Waals surface area contributed by atoms with E-state index in [1.165, 1.54) is 0 Å². The highest BCUT2D eigenvalue weighted by Gasteiger charge is 2.30. The Hall–Kier alpha value is -0.370. The van der Waals surface area contributed by atoms with E-state index in [1.54, 1.807) is 0 Å². The van der Waals surface area contributed by atoms with Crippen molar-refractivity contribution in [2.45, 2.75) is 52.0 Å². The molecule has 2 unspecified atom stereocenters. The summed E-state index contributed by atoms with van der Waals surface area (Å²) in [5, 5.41) is 0. The van der Waals surface area contributed by atoms with Gasteiger partial charge in [0, 0.05) is 17.9 Å². The molecule has 0 saturated heterocycles. The van der Waals surface area contributed by atoms with Gasteiger partial charge >= 0.3 is 0 Å². The van der Waals surface area contributed by atoms with Gasteiger partial charge in [0.1, 0.15) is 5.78 Å². The zero-order valence-electron chi connectivity index (χ0n) is 8.75. The standard InChI is InChI=1S/C11H21NO/c1-3-8(4-2)11(13)9-5-6-10(12)7-9/h8-10H,3-7,12H2,1-2H3. The Balaban J connectivity index is 2.47. The highest BCUT2D eigenvalue weighted by atomic mass is 16.1. The van der Waals surface area contributed by atoms with Crippen LogP contribution in [0.1, 0.15) is 46.0 Å². The van der Waals surface area contributed by atoms with E-state index in [1.807, 2.05) is 0 Å². The topological polar surface area (TPSA) is 43.1 Å². The van der Waals surface area contributed by atoms with Crippen molar-refractivity contribution in [2.75, 3.05) is 0 Å². The van der Waals surface area contributed by atoms with Gasteiger partial charge in [-0.05, 0) is 32.1 Å². The van der Waals surface area contributed by atoms with Crippen LogP contribution in [-0.4, -0.2) is 11.8 Å². The monoisotopic (exact) mass is 183 g/mol. The minimum atomic E-state index is 0.278. The van der Waals surface area contributed by atoms with Gasteiger partial charge in [-0.2, -0.15) is 0 Å². The minimum Gasteiger partial charge on any atom is -0.328 e. The van der Waals surface area contributed by atoms with E-state index in [9.17, 15) is 4.79 Å². The van der Waals surface area contributed by atoms with Gasteiger partial charge in [0.2, 0.25) is 0 Å². The summed E-state index contributed by atoms with van der Waals surface area (Å²) in [6.07, 6.45) is 4.96. The summed E-state index contributed by atoms with van der Waals surface area (Å²) in [6.45, 7) is 4.20. The van der Waals surface area contributed by atoms with Crippen molar-refractivity contribution in [3.63, 3.8) is 0 Å². The fourth-order valence-corrected chi connectivity index (χ4v) is 2.30. The Morgan fingerprint density at radius 2 is 2.00 bits per heavy atom. The van der Waals surface area contributed by atoms with E-state index >= 15 is 0 Å². The zero-order chi connectivity index (χ0) is 9.84. The quantitative estimate of drug-likeness (QED) is 0.725. The molecule has 13 heavy (non-hydrogen) atoms. The highest BCUT2D eigenvalue weighted by molar-refractivity contribution is 5.83. The van der Waals surface area contributed by atoms with Crippen LogP contribution in [0.5, 0.6) is 0 Å². The van der Waals surface area contributed by atoms with Crippen LogP contribution in [0.2, 0.25) is 0 Å². The van der Waals surface area contributed by atoms with Gasteiger partial charge in [-0.3, -0.25) is 4.79 Å². The highest BCUT2D eigenvalue weighted by Crippen LogP contribution is 2.29. The molecule has 1 rings (SSSR count). The molecule has 1 fully saturated rings. The van der Waals surface area contributed by atoms with Crippen molar-refractivity contribution in [3.8, 4) is 0 Å². The number of carbonyl (C=O) groups excluding carboxylic acids is 1. The summed E-state index contributed by atoms with van der Waals surface area (Å²) in [7, 11) is 0. The molecule has 0 heterocycles. The molecule has 2 N–H and O–H groups in total. The Morgan fingerprint density at radius 3 is 2.38 bits per heavy atom. The van der Waals surface area contributed by atoms with Crippen molar-refractivity contribution in [2.24, 2.45) is 17.6 Å². The van der Waals surface area contributed by atoms with E-state index in [-0.39, 0.29) is 17.9 Å². The molecule has 1 aliphatic carbocycles. The molecule has 2 heteroatoms. The molecule has 0 aliphatic heterocycles. The van der Waals surface area contributed by atoms with Crippen molar-refractivity contribution in [3.05, 3.63) is 0 Å². The summed E-state index contributed by atoms with van der Waals surface area (Å²) in [4.78, 5) is 11.9. The summed E-state index contributed by atoms with van der Waals surface area (Å²) in [6, 6.07) is 0.281. The third-order valence-corrected chi connectivity index (χ3v) is 3.26. The average Bonchev–Trinajstić information content (AvgIpc) is 2.54. The molecular formula is C11H21NO. The number of rotatable bonds is 4. The molecule has 0 aromatic heterocycles. The van der Waals surface area contributed by atoms with E-state index in [0.717, 1.165) is 32.1 Å². The molecule has 0 amide bonds. The lowest BCUT2D eigenvalue weighted by Gasteiger charge is -2.15. The molecule has 1 saturated carbocycles. The Kier molecular flexibility index (Phi) is 3.91. The van der Waals surface area contributed by atoms with E-state index in [4.69, 9.17) is 5.73 Å². The fraction of sp³-hybridized carbons (Fsp3) is 0.909. The van der Waals surface area contributed by atoms with Crippen LogP contribution >= 0.6 is 0 Å². The molecule has 2 atom stereocenters. The molecule has 0 aromatic rings. The molecule has 0 spiro atoms. The molecular weight excluding hydrogens is 162 g/mol. The number of carbonyl (C=O) groups is 1. The van der Waals surface area contributed by atoms with Crippen molar-refractivity contribution >= 4 is 5.78 Å². The van der Waals surface area contributed by atoms with Crippen LogP contribution in [0.4, 0.5) is 0 Å². The zero-order valence-corrected chi connectivity index (χ0v) is 8.75. The Labute approximate surface area is 80.9 Å². The largest absolute Gasteiger partial charge is 0.328 e. The SMILES string of the molecule is CCC(CC)C(=O)C1CCC(N)C1. The number of hydrogen-bond donors (Lipinski definition) is 1. The minimum absolute atomic E-state index is 0.278. The maximum Gasteiger partial charge on any atom is 0.139 e. The van der Waals surface area contributed by atoms with Crippen LogP contribution in [-0.2, 0) is 4.79 Å². The van der Waals surface area contributed by atoms with Crippen LogP contribution in [0.15, 0.2) is 0 Å². The first-order valence-corrected chi connectivity index (χ1v) is 5.48. The summed E-state index contributed by atoms with van der Waals surface area (Å²) >= 11 is 0. The second kappa shape index (κ2) is 4.75. The summed E-state index contributed by atoms with van der Waals surface area (Å²) < 4.78 is 0. The molecule has 2 nitrogen and oxygen atoms in total. The van der Waals surface area contributed by atoms with E-state index in [2.05, 4.69) is 13.8 Å². The van der Waals surface area contributed by atoms with Gasteiger partial charge in [0.05, 0.1) is 0 Å². The lowest BCUT2D eigenvalue weighted by molar-refractivity contribution is -0.126. The van der Waals surface area contributed by atoms with Gasteiger partial charge in [-0.25, -0.2) is 0 Å². The maximum absolute atomic E-state index is 11.9. The van der Waals surface area contributed by atoms with Gasteiger partial charge in [-0.15, -0.1) is 0 Å². The summed E-state index contributed by atoms with van der Waals surface area (Å²) in [5.74, 6) is 1.04. The third kappa shape index (κ3) is 2.53. The van der Waals surface area contributed by atoms with Crippen LogP contribution in [0, 0.1) is 11.8 Å². The molecule has 0 radical (unpaired) electrons. The van der Waals surface area contributed by atoms with Crippen molar-refractivity contribution in [1.29, 1.82) is 0 Å². The van der Waals surface area contributed by atoms with Gasteiger partial charge < -0.3 is 5.73 Å². The fourth-order valence-electron chi connectivity index (χ4n) is 2.30. The van der Waals surface area contributed by atoms with Crippen molar-refractivity contribution in [1.82, 2.24) is 0 Å². The first kappa shape index (κ1) is 10.7. The number of ketones is 1. The molecule has 0 bridgehead atoms. The van der Waals surface area contributed by atoms with Gasteiger partial charge in [-0.1, -0.05) is 13.8 Å². The lowest BCUT2D eigenvalue weighted by Crippen LogP contribution is -2.23. The second-order valence-electron chi connectivity index (χ2n) is 4.19. The van der Waals surface area contributed by atoms with Gasteiger partial charge in [0.25, 0.3) is 0 Å². The maximum atomic E-state index is 11.9. The average molecular weight is 183 g/mol. The van der Waals surface area contributed by atoms with Crippen LogP contribution in [0.25, 0.3) is 0 Å². The van der Waals surface area contributed by atoms with Crippen molar-refractivity contribution < 1.29 is 4.79 Å². The number of hydrogen-bond acceptors (Lipinski definition) is 2. The Morgan fingerprint density at radius 1 is 1.38 bits per heavy atom. The second-order valence-corrected chi connectivity index (χ2v) is 4.19. The first-order valence-electron chi connectivity index (χ1n) is 5.48. The molecule has 76 valence electrons. The van der Waals surface area contributed by atoms with Gasteiger partial charge in [0.15, 0.2) is 0 Å². The molecule has 1 aliphatic rings.